The average molecular weight is 371 g/mol. The summed E-state index contributed by atoms with van der Waals surface area (Å²) in [6, 6.07) is 15.0. The van der Waals surface area contributed by atoms with Gasteiger partial charge in [0.05, 0.1) is 7.11 Å². The second kappa shape index (κ2) is 6.34. The summed E-state index contributed by atoms with van der Waals surface area (Å²) in [4.78, 5) is 14.5. The van der Waals surface area contributed by atoms with Crippen molar-refractivity contribution in [3.63, 3.8) is 0 Å². The van der Waals surface area contributed by atoms with Crippen molar-refractivity contribution in [3.05, 3.63) is 60.2 Å². The Labute approximate surface area is 159 Å². The smallest absolute Gasteiger partial charge is 0.271 e. The largest absolute Gasteiger partial charge is 0.497 e. The lowest BCUT2D eigenvalue weighted by Crippen LogP contribution is -2.77. The van der Waals surface area contributed by atoms with Crippen LogP contribution in [0.3, 0.4) is 0 Å². The van der Waals surface area contributed by atoms with Crippen LogP contribution in [0.4, 0.5) is 10.1 Å². The van der Waals surface area contributed by atoms with E-state index in [0.29, 0.717) is 17.0 Å². The number of benzene rings is 2. The molecule has 1 amide bonds. The number of rotatable bonds is 4. The zero-order valence-corrected chi connectivity index (χ0v) is 16.4. The fourth-order valence-electron chi connectivity index (χ4n) is 3.56. The number of hydrogen-bond donors (Lipinski definition) is 1. The van der Waals surface area contributed by atoms with E-state index < -0.39 is 28.6 Å². The predicted molar refractivity (Wildman–Crippen MR) is 104 cm³/mol. The van der Waals surface area contributed by atoms with Gasteiger partial charge in [-0.15, -0.1) is 0 Å². The molecular weight excluding hydrogens is 345 g/mol. The van der Waals surface area contributed by atoms with E-state index in [9.17, 15) is 9.90 Å². The number of aliphatic hydroxyl groups is 1. The Bertz CT molecular complexity index is 827. The van der Waals surface area contributed by atoms with Crippen molar-refractivity contribution in [2.24, 2.45) is 5.41 Å². The average Bonchev–Trinajstić information content (AvgIpc) is 2.64. The summed E-state index contributed by atoms with van der Waals surface area (Å²) in [5.74, 6) is -0.0855. The number of anilines is 1. The van der Waals surface area contributed by atoms with Gasteiger partial charge in [0.25, 0.3) is 5.91 Å². The summed E-state index contributed by atoms with van der Waals surface area (Å²) in [6.45, 7) is 6.62. The van der Waals surface area contributed by atoms with Crippen molar-refractivity contribution < 1.29 is 19.0 Å². The molecule has 1 aliphatic rings. The molecule has 27 heavy (non-hydrogen) atoms. The second-order valence-electron chi connectivity index (χ2n) is 8.22. The Morgan fingerprint density at radius 3 is 2.07 bits per heavy atom. The van der Waals surface area contributed by atoms with E-state index >= 15 is 4.39 Å². The molecule has 4 nitrogen and oxygen atoms in total. The van der Waals surface area contributed by atoms with Gasteiger partial charge in [-0.25, -0.2) is 4.39 Å². The first-order valence-electron chi connectivity index (χ1n) is 8.99. The van der Waals surface area contributed by atoms with Crippen LogP contribution in [0, 0.1) is 5.41 Å². The molecule has 1 heterocycles. The van der Waals surface area contributed by atoms with Crippen molar-refractivity contribution in [1.82, 2.24) is 0 Å². The van der Waals surface area contributed by atoms with Gasteiger partial charge in [-0.1, -0.05) is 51.1 Å². The third kappa shape index (κ3) is 2.72. The molecule has 2 aromatic carbocycles. The molecule has 144 valence electrons. The van der Waals surface area contributed by atoms with Crippen molar-refractivity contribution in [2.75, 3.05) is 12.0 Å². The van der Waals surface area contributed by atoms with Crippen molar-refractivity contribution in [3.8, 4) is 5.75 Å². The lowest BCUT2D eigenvalue weighted by atomic mass is 9.60. The first kappa shape index (κ1) is 19.4. The van der Waals surface area contributed by atoms with Crippen LogP contribution in [0.25, 0.3) is 0 Å². The van der Waals surface area contributed by atoms with E-state index in [1.807, 2.05) is 6.07 Å². The number of carbonyl (C=O) groups excluding carboxylic acids is 1. The van der Waals surface area contributed by atoms with Gasteiger partial charge < -0.3 is 9.84 Å². The number of β-lactam (4-membered cyclic amide) rings is 1. The molecule has 0 aliphatic carbocycles. The summed E-state index contributed by atoms with van der Waals surface area (Å²) in [5, 5.41) is 11.1. The van der Waals surface area contributed by atoms with Crippen molar-refractivity contribution >= 4 is 11.6 Å². The molecule has 1 saturated heterocycles. The monoisotopic (exact) mass is 371 g/mol. The maximum atomic E-state index is 16.3. The Morgan fingerprint density at radius 1 is 1.04 bits per heavy atom. The summed E-state index contributed by atoms with van der Waals surface area (Å²) in [6.07, 6.45) is 0. The van der Waals surface area contributed by atoms with E-state index in [2.05, 4.69) is 0 Å². The van der Waals surface area contributed by atoms with Crippen molar-refractivity contribution in [2.45, 2.75) is 45.0 Å². The van der Waals surface area contributed by atoms with Crippen molar-refractivity contribution in [1.29, 1.82) is 0 Å². The number of amides is 1. The number of hydrogen-bond acceptors (Lipinski definition) is 3. The first-order chi connectivity index (χ1) is 12.6. The number of alkyl halides is 1. The highest BCUT2D eigenvalue weighted by molar-refractivity contribution is 6.09. The molecule has 0 bridgehead atoms. The van der Waals surface area contributed by atoms with E-state index in [0.717, 1.165) is 0 Å². The first-order valence-corrected chi connectivity index (χ1v) is 8.99. The number of halogens is 1. The van der Waals surface area contributed by atoms with Crippen LogP contribution in [0.5, 0.6) is 5.75 Å². The fourth-order valence-corrected chi connectivity index (χ4v) is 3.56. The third-order valence-corrected chi connectivity index (χ3v) is 5.80. The fraction of sp³-hybridized carbons (Fsp3) is 0.409. The minimum atomic E-state index is -2.44. The van der Waals surface area contributed by atoms with Crippen LogP contribution in [0.1, 0.15) is 39.3 Å². The van der Waals surface area contributed by atoms with Crippen LogP contribution < -0.4 is 9.64 Å². The standard InChI is InChI=1S/C22H26FNO3/c1-20(2,3)21(4,26)22(23)18(15-9-7-6-8-10-15)24(19(22)25)16-11-13-17(27-5)14-12-16/h6-14,18,26H,1-5H3/t18-,21?,22+/m0/s1. The Morgan fingerprint density at radius 2 is 1.59 bits per heavy atom. The minimum Gasteiger partial charge on any atom is -0.497 e. The van der Waals surface area contributed by atoms with E-state index in [1.54, 1.807) is 76.4 Å². The quantitative estimate of drug-likeness (QED) is 0.816. The van der Waals surface area contributed by atoms with Gasteiger partial charge in [-0.05, 0) is 42.2 Å². The molecule has 1 fully saturated rings. The molecular formula is C22H26FNO3. The van der Waals surface area contributed by atoms with E-state index in [1.165, 1.54) is 11.8 Å². The van der Waals surface area contributed by atoms with Crippen LogP contribution in [0.15, 0.2) is 54.6 Å². The number of carbonyl (C=O) groups is 1. The van der Waals surface area contributed by atoms with Gasteiger partial charge in [0.15, 0.2) is 0 Å². The summed E-state index contributed by atoms with van der Waals surface area (Å²) in [5.41, 5.74) is -3.93. The molecule has 0 radical (unpaired) electrons. The number of ether oxygens (including phenoxy) is 1. The molecule has 2 aromatic rings. The molecule has 3 atom stereocenters. The van der Waals surface area contributed by atoms with E-state index in [-0.39, 0.29) is 0 Å². The topological polar surface area (TPSA) is 49.8 Å². The van der Waals surface area contributed by atoms with Crippen LogP contribution >= 0.6 is 0 Å². The number of nitrogens with zero attached hydrogens (tertiary/aromatic N) is 1. The lowest BCUT2D eigenvalue weighted by Gasteiger charge is -2.59. The third-order valence-electron chi connectivity index (χ3n) is 5.80. The van der Waals surface area contributed by atoms with Gasteiger partial charge in [-0.3, -0.25) is 9.69 Å². The summed E-state index contributed by atoms with van der Waals surface area (Å²) in [7, 11) is 1.56. The van der Waals surface area contributed by atoms with Gasteiger partial charge in [-0.2, -0.15) is 0 Å². The zero-order valence-electron chi connectivity index (χ0n) is 16.4. The Hall–Kier alpha value is -2.40. The normalized spacial score (nSPS) is 24.9. The highest BCUT2D eigenvalue weighted by atomic mass is 19.1. The summed E-state index contributed by atoms with van der Waals surface area (Å²) >= 11 is 0. The summed E-state index contributed by atoms with van der Waals surface area (Å²) < 4.78 is 21.5. The molecule has 0 spiro atoms. The maximum Gasteiger partial charge on any atom is 0.271 e. The SMILES string of the molecule is COc1ccc(N2C(=O)[C@@](F)(C(C)(O)C(C)(C)C)[C@@H]2c2ccccc2)cc1. The maximum absolute atomic E-state index is 16.3. The predicted octanol–water partition coefficient (Wildman–Crippen LogP) is 4.29. The minimum absolute atomic E-state index is 0.563. The molecule has 1 N–H and O–H groups in total. The number of methoxy groups -OCH3 is 1. The van der Waals surface area contributed by atoms with Gasteiger partial charge in [0.2, 0.25) is 5.67 Å². The molecule has 5 heteroatoms. The highest BCUT2D eigenvalue weighted by Gasteiger charge is 2.73. The Balaban J connectivity index is 2.12. The van der Waals surface area contributed by atoms with Gasteiger partial charge in [0, 0.05) is 5.69 Å². The molecule has 1 aliphatic heterocycles. The molecule has 1 unspecified atom stereocenters. The van der Waals surface area contributed by atoms with Crippen LogP contribution in [-0.2, 0) is 4.79 Å². The van der Waals surface area contributed by atoms with Crippen LogP contribution in [-0.4, -0.2) is 29.4 Å². The zero-order chi connectivity index (χ0) is 20.0. The van der Waals surface area contributed by atoms with Gasteiger partial charge in [0.1, 0.15) is 17.4 Å². The lowest BCUT2D eigenvalue weighted by molar-refractivity contribution is -0.197. The molecule has 0 aromatic heterocycles. The van der Waals surface area contributed by atoms with Crippen LogP contribution in [0.2, 0.25) is 0 Å². The molecule has 0 saturated carbocycles. The Kier molecular flexibility index (Phi) is 4.55. The highest BCUT2D eigenvalue weighted by Crippen LogP contribution is 2.57. The van der Waals surface area contributed by atoms with Gasteiger partial charge >= 0.3 is 0 Å². The molecule has 3 rings (SSSR count). The second-order valence-corrected chi connectivity index (χ2v) is 8.22. The van der Waals surface area contributed by atoms with E-state index in [4.69, 9.17) is 4.74 Å².